The van der Waals surface area contributed by atoms with Crippen molar-refractivity contribution >= 4 is 34.2 Å². The van der Waals surface area contributed by atoms with Crippen molar-refractivity contribution in [3.63, 3.8) is 0 Å². The van der Waals surface area contributed by atoms with Crippen molar-refractivity contribution in [3.05, 3.63) is 27.3 Å². The molecule has 0 aliphatic carbocycles. The molecule has 2 rings (SSSR count). The minimum atomic E-state index is 0.406. The highest BCUT2D eigenvalue weighted by atomic mass is 127. The van der Waals surface area contributed by atoms with E-state index in [9.17, 15) is 0 Å². The van der Waals surface area contributed by atoms with Crippen LogP contribution in [-0.2, 0) is 0 Å². The normalized spacial score (nSPS) is 10.2. The van der Waals surface area contributed by atoms with E-state index in [1.165, 1.54) is 13.4 Å². The Hall–Kier alpha value is -1.02. The van der Waals surface area contributed by atoms with E-state index in [0.29, 0.717) is 22.6 Å². The van der Waals surface area contributed by atoms with Crippen LogP contribution < -0.4 is 4.74 Å². The number of hydrogen-bond donors (Lipinski definition) is 0. The molecule has 2 aromatic heterocycles. The fourth-order valence-corrected chi connectivity index (χ4v) is 1.43. The summed E-state index contributed by atoms with van der Waals surface area (Å²) in [7, 11) is 1.54. The van der Waals surface area contributed by atoms with Crippen LogP contribution in [0.2, 0.25) is 5.15 Å². The Kier molecular flexibility index (Phi) is 3.49. The van der Waals surface area contributed by atoms with Crippen LogP contribution in [0.4, 0.5) is 0 Å². The van der Waals surface area contributed by atoms with Crippen molar-refractivity contribution in [1.82, 2.24) is 19.9 Å². The minimum Gasteiger partial charge on any atom is -0.481 e. The summed E-state index contributed by atoms with van der Waals surface area (Å²) in [5.41, 5.74) is 0.574. The van der Waals surface area contributed by atoms with E-state index in [0.717, 1.165) is 3.57 Å². The van der Waals surface area contributed by atoms with Crippen LogP contribution in [0.3, 0.4) is 0 Å². The molecule has 0 atom stereocenters. The molecule has 0 bridgehead atoms. The van der Waals surface area contributed by atoms with Crippen molar-refractivity contribution in [2.45, 2.75) is 0 Å². The quantitative estimate of drug-likeness (QED) is 0.615. The van der Waals surface area contributed by atoms with Gasteiger partial charge >= 0.3 is 0 Å². The van der Waals surface area contributed by atoms with Gasteiger partial charge in [0.25, 0.3) is 0 Å². The fourth-order valence-electron chi connectivity index (χ4n) is 1.04. The predicted molar refractivity (Wildman–Crippen MR) is 67.3 cm³/mol. The lowest BCUT2D eigenvalue weighted by Gasteiger charge is -2.02. The summed E-state index contributed by atoms with van der Waals surface area (Å²) in [4.78, 5) is 16.2. The Morgan fingerprint density at radius 1 is 1.31 bits per heavy atom. The first-order chi connectivity index (χ1) is 7.70. The maximum Gasteiger partial charge on any atom is 0.216 e. The molecule has 5 nitrogen and oxygen atoms in total. The molecule has 82 valence electrons. The van der Waals surface area contributed by atoms with Crippen LogP contribution in [0, 0.1) is 3.57 Å². The van der Waals surface area contributed by atoms with Gasteiger partial charge in [-0.15, -0.1) is 0 Å². The number of aromatic nitrogens is 4. The number of nitrogens with zero attached hydrogens (tertiary/aromatic N) is 4. The van der Waals surface area contributed by atoms with Gasteiger partial charge in [0.2, 0.25) is 5.88 Å². The number of ether oxygens (including phenoxy) is 1. The lowest BCUT2D eigenvalue weighted by Crippen LogP contribution is -1.96. The van der Waals surface area contributed by atoms with E-state index in [1.807, 2.05) is 0 Å². The predicted octanol–water partition coefficient (Wildman–Crippen LogP) is 2.20. The Morgan fingerprint density at radius 3 is 2.81 bits per heavy atom. The molecular formula is C9H6ClIN4O. The molecule has 16 heavy (non-hydrogen) atoms. The van der Waals surface area contributed by atoms with Gasteiger partial charge < -0.3 is 4.74 Å². The van der Waals surface area contributed by atoms with Crippen LogP contribution in [0.1, 0.15) is 0 Å². The minimum absolute atomic E-state index is 0.406. The molecule has 0 N–H and O–H groups in total. The zero-order valence-corrected chi connectivity index (χ0v) is 11.1. The van der Waals surface area contributed by atoms with Crippen molar-refractivity contribution in [3.8, 4) is 17.4 Å². The molecular weight excluding hydrogens is 342 g/mol. The third-order valence-electron chi connectivity index (χ3n) is 1.78. The second-order valence-electron chi connectivity index (χ2n) is 2.78. The number of rotatable bonds is 2. The summed E-state index contributed by atoms with van der Waals surface area (Å²) >= 11 is 7.96. The topological polar surface area (TPSA) is 60.8 Å². The average molecular weight is 349 g/mol. The van der Waals surface area contributed by atoms with Crippen molar-refractivity contribution in [2.75, 3.05) is 7.11 Å². The zero-order chi connectivity index (χ0) is 11.5. The molecule has 0 radical (unpaired) electrons. The maximum atomic E-state index is 5.90. The molecule has 2 aromatic rings. The van der Waals surface area contributed by atoms with Gasteiger partial charge in [0, 0.05) is 12.3 Å². The van der Waals surface area contributed by atoms with Gasteiger partial charge in [-0.2, -0.15) is 0 Å². The Bertz CT molecular complexity index is 523. The van der Waals surface area contributed by atoms with Crippen LogP contribution >= 0.6 is 34.2 Å². The van der Waals surface area contributed by atoms with E-state index < -0.39 is 0 Å². The van der Waals surface area contributed by atoms with Crippen LogP contribution in [0.15, 0.2) is 18.6 Å². The van der Waals surface area contributed by atoms with E-state index in [2.05, 4.69) is 42.5 Å². The molecule has 0 aliphatic rings. The SMILES string of the molecule is COc1cc(-c2ncc(I)c(Cl)n2)ncn1. The van der Waals surface area contributed by atoms with E-state index in [4.69, 9.17) is 16.3 Å². The Balaban J connectivity index is 2.46. The summed E-state index contributed by atoms with van der Waals surface area (Å²) in [6, 6.07) is 1.65. The highest BCUT2D eigenvalue weighted by molar-refractivity contribution is 14.1. The van der Waals surface area contributed by atoms with E-state index in [1.54, 1.807) is 12.3 Å². The van der Waals surface area contributed by atoms with Crippen LogP contribution in [-0.4, -0.2) is 27.0 Å². The van der Waals surface area contributed by atoms with Crippen molar-refractivity contribution in [2.24, 2.45) is 0 Å². The van der Waals surface area contributed by atoms with Gasteiger partial charge in [-0.3, -0.25) is 0 Å². The highest BCUT2D eigenvalue weighted by Crippen LogP contribution is 2.20. The van der Waals surface area contributed by atoms with Gasteiger partial charge in [0.15, 0.2) is 5.82 Å². The van der Waals surface area contributed by atoms with Gasteiger partial charge in [-0.05, 0) is 22.6 Å². The van der Waals surface area contributed by atoms with Gasteiger partial charge in [-0.1, -0.05) is 11.6 Å². The molecule has 2 heterocycles. The largest absolute Gasteiger partial charge is 0.481 e. The van der Waals surface area contributed by atoms with Crippen molar-refractivity contribution in [1.29, 1.82) is 0 Å². The Labute approximate surface area is 110 Å². The monoisotopic (exact) mass is 348 g/mol. The fraction of sp³-hybridized carbons (Fsp3) is 0.111. The highest BCUT2D eigenvalue weighted by Gasteiger charge is 2.07. The molecule has 7 heteroatoms. The van der Waals surface area contributed by atoms with E-state index in [-0.39, 0.29) is 0 Å². The van der Waals surface area contributed by atoms with Crippen LogP contribution in [0.5, 0.6) is 5.88 Å². The Morgan fingerprint density at radius 2 is 2.12 bits per heavy atom. The first-order valence-corrected chi connectivity index (χ1v) is 5.71. The molecule has 0 spiro atoms. The molecule has 0 saturated heterocycles. The van der Waals surface area contributed by atoms with E-state index >= 15 is 0 Å². The number of methoxy groups -OCH3 is 1. The zero-order valence-electron chi connectivity index (χ0n) is 8.19. The number of halogens is 2. The second kappa shape index (κ2) is 4.88. The maximum absolute atomic E-state index is 5.90. The number of hydrogen-bond acceptors (Lipinski definition) is 5. The third kappa shape index (κ3) is 2.38. The smallest absolute Gasteiger partial charge is 0.216 e. The summed E-state index contributed by atoms with van der Waals surface area (Å²) in [5, 5.41) is 0.406. The summed E-state index contributed by atoms with van der Waals surface area (Å²) in [6.07, 6.45) is 3.03. The summed E-state index contributed by atoms with van der Waals surface area (Å²) in [5.74, 6) is 0.911. The third-order valence-corrected chi connectivity index (χ3v) is 3.18. The first-order valence-electron chi connectivity index (χ1n) is 4.25. The molecule has 0 unspecified atom stereocenters. The lowest BCUT2D eigenvalue weighted by atomic mass is 10.4. The molecule has 0 fully saturated rings. The van der Waals surface area contributed by atoms with Crippen LogP contribution in [0.25, 0.3) is 11.5 Å². The summed E-state index contributed by atoms with van der Waals surface area (Å²) < 4.78 is 5.78. The molecule has 0 amide bonds. The van der Waals surface area contributed by atoms with Gasteiger partial charge in [0.1, 0.15) is 17.2 Å². The van der Waals surface area contributed by atoms with Crippen molar-refractivity contribution < 1.29 is 4.74 Å². The van der Waals surface area contributed by atoms with Gasteiger partial charge in [-0.25, -0.2) is 19.9 Å². The molecule has 0 saturated carbocycles. The lowest BCUT2D eigenvalue weighted by molar-refractivity contribution is 0.397. The summed E-state index contributed by atoms with van der Waals surface area (Å²) in [6.45, 7) is 0. The molecule has 0 aromatic carbocycles. The standard InChI is InChI=1S/C9H6ClIN4O/c1-16-7-2-6(13-4-14-7)9-12-3-5(11)8(10)15-9/h2-4H,1H3. The second-order valence-corrected chi connectivity index (χ2v) is 4.30. The van der Waals surface area contributed by atoms with Gasteiger partial charge in [0.05, 0.1) is 10.7 Å². The average Bonchev–Trinajstić information content (AvgIpc) is 2.33. The first kappa shape index (κ1) is 11.5. The molecule has 0 aliphatic heterocycles.